The van der Waals surface area contributed by atoms with Crippen molar-refractivity contribution in [2.75, 3.05) is 48.3 Å². The van der Waals surface area contributed by atoms with Gasteiger partial charge in [-0.1, -0.05) is 58.3 Å². The highest BCUT2D eigenvalue weighted by atomic mass is 16.4. The summed E-state index contributed by atoms with van der Waals surface area (Å²) >= 11 is 0. The van der Waals surface area contributed by atoms with Crippen LogP contribution in [0.2, 0.25) is 0 Å². The van der Waals surface area contributed by atoms with Crippen LogP contribution in [0.3, 0.4) is 0 Å². The second-order valence-electron chi connectivity index (χ2n) is 9.54. The predicted octanol–water partition coefficient (Wildman–Crippen LogP) is 2.17. The van der Waals surface area contributed by atoms with Gasteiger partial charge in [0.15, 0.2) is 0 Å². The summed E-state index contributed by atoms with van der Waals surface area (Å²) in [5.41, 5.74) is 5.27. The quantitative estimate of drug-likeness (QED) is 0.214. The Hall–Kier alpha value is -1.71. The molecule has 0 saturated heterocycles. The van der Waals surface area contributed by atoms with E-state index >= 15 is 0 Å². The van der Waals surface area contributed by atoms with Crippen molar-refractivity contribution in [2.45, 2.75) is 90.0 Å². The first-order valence-electron chi connectivity index (χ1n) is 12.1. The maximum atomic E-state index is 10.6. The van der Waals surface area contributed by atoms with Gasteiger partial charge in [0.25, 0.3) is 0 Å². The molecular weight excluding hydrogens is 426 g/mol. The van der Waals surface area contributed by atoms with Crippen molar-refractivity contribution in [3.05, 3.63) is 0 Å². The van der Waals surface area contributed by atoms with E-state index in [4.69, 9.17) is 15.9 Å². The highest BCUT2D eigenvalue weighted by molar-refractivity contribution is 5.73. The highest BCUT2D eigenvalue weighted by Crippen LogP contribution is 2.10. The van der Waals surface area contributed by atoms with Crippen LogP contribution in [0.25, 0.3) is 0 Å². The van der Waals surface area contributed by atoms with E-state index in [0.29, 0.717) is 23.9 Å². The smallest absolute Gasteiger partial charge is 0.320 e. The molecule has 0 heterocycles. The van der Waals surface area contributed by atoms with Crippen LogP contribution in [0, 0.1) is 0 Å². The maximum absolute atomic E-state index is 10.6. The van der Waals surface area contributed by atoms with E-state index < -0.39 is 23.9 Å². The van der Waals surface area contributed by atoms with E-state index in [1.54, 1.807) is 40.1 Å². The molecule has 0 aliphatic carbocycles. The van der Waals surface area contributed by atoms with Crippen LogP contribution in [0.1, 0.15) is 84.0 Å². The molecule has 9 heteroatoms. The van der Waals surface area contributed by atoms with E-state index in [-0.39, 0.29) is 6.54 Å². The lowest BCUT2D eigenvalue weighted by Crippen LogP contribution is -2.45. The molecule has 198 valence electrons. The molecule has 1 atom stereocenters. The zero-order chi connectivity index (χ0) is 26.3. The Bertz CT molecular complexity index is 493. The fourth-order valence-electron chi connectivity index (χ4n) is 2.89. The number of rotatable bonds is 17. The van der Waals surface area contributed by atoms with Gasteiger partial charge in [-0.3, -0.25) is 14.5 Å². The molecule has 4 N–H and O–H groups in total. The van der Waals surface area contributed by atoms with Crippen molar-refractivity contribution in [3.63, 3.8) is 0 Å². The van der Waals surface area contributed by atoms with E-state index in [1.165, 1.54) is 44.9 Å². The molecule has 0 rings (SSSR count). The fraction of sp³-hybridized carbons (Fsp3) is 0.875. The Morgan fingerprint density at radius 2 is 1.33 bits per heavy atom. The number of quaternary nitrogens is 1. The molecule has 0 saturated carbocycles. The Kier molecular flexibility index (Phi) is 25.5. The van der Waals surface area contributed by atoms with Crippen molar-refractivity contribution < 1.29 is 34.2 Å². The van der Waals surface area contributed by atoms with E-state index in [1.807, 2.05) is 0 Å². The minimum Gasteiger partial charge on any atom is -0.544 e. The van der Waals surface area contributed by atoms with Gasteiger partial charge in [0.1, 0.15) is 12.6 Å². The van der Waals surface area contributed by atoms with Gasteiger partial charge in [-0.2, -0.15) is 0 Å². The molecule has 0 aliphatic heterocycles. The van der Waals surface area contributed by atoms with Gasteiger partial charge in [0.2, 0.25) is 0 Å². The zero-order valence-electron chi connectivity index (χ0n) is 22.0. The van der Waals surface area contributed by atoms with Crippen molar-refractivity contribution >= 4 is 17.9 Å². The van der Waals surface area contributed by atoms with Gasteiger partial charge in [-0.25, -0.2) is 0 Å². The zero-order valence-corrected chi connectivity index (χ0v) is 22.0. The third-order valence-corrected chi connectivity index (χ3v) is 4.69. The number of carbonyl (C=O) groups is 3. The second-order valence-corrected chi connectivity index (χ2v) is 9.54. The Labute approximate surface area is 201 Å². The molecule has 0 aromatic rings. The molecule has 1 unspecified atom stereocenters. The number of unbranched alkanes of at least 4 members (excludes halogenated alkanes) is 8. The second kappa shape index (κ2) is 23.4. The summed E-state index contributed by atoms with van der Waals surface area (Å²) in [6, 6.07) is -0.390. The standard InChI is InChI=1S/C12H24O2.C7H16N2O2.C5H11NO2/c1-2-3-4-5-6-7-8-9-10-11-12(13)14;1-9(2)6(7(10)11)4-3-5-8;1-6(2,3)4-5(7)8/h2-11H2,1H3,(H,13,14);6H,3-5,8H2,1-2H3,(H,10,11);4H2,1-3H3. The number of hydrogen-bond acceptors (Lipinski definition) is 6. The van der Waals surface area contributed by atoms with Gasteiger partial charge in [-0.05, 0) is 39.9 Å². The topological polar surface area (TPSA) is 144 Å². The normalized spacial score (nSPS) is 11.6. The van der Waals surface area contributed by atoms with E-state index in [0.717, 1.165) is 19.3 Å². The Balaban J connectivity index is -0.000000426. The molecule has 9 nitrogen and oxygen atoms in total. The molecule has 0 fully saturated rings. The number of likely N-dealkylation sites (N-methyl/N-ethyl adjacent to an activating group) is 2. The van der Waals surface area contributed by atoms with Crippen LogP contribution < -0.4 is 10.8 Å². The van der Waals surface area contributed by atoms with E-state index in [2.05, 4.69) is 6.92 Å². The van der Waals surface area contributed by atoms with Crippen molar-refractivity contribution in [1.82, 2.24) is 4.90 Å². The molecule has 0 radical (unpaired) electrons. The van der Waals surface area contributed by atoms with Gasteiger partial charge < -0.3 is 30.3 Å². The molecule has 0 spiro atoms. The fourth-order valence-corrected chi connectivity index (χ4v) is 2.89. The summed E-state index contributed by atoms with van der Waals surface area (Å²) in [7, 11) is 8.92. The number of carbonyl (C=O) groups excluding carboxylic acids is 1. The number of aliphatic carboxylic acids is 3. The number of hydrogen-bond donors (Lipinski definition) is 3. The van der Waals surface area contributed by atoms with Crippen LogP contribution in [0.4, 0.5) is 0 Å². The third kappa shape index (κ3) is 35.1. The first-order chi connectivity index (χ1) is 15.3. The molecule has 33 heavy (non-hydrogen) atoms. The van der Waals surface area contributed by atoms with Gasteiger partial charge >= 0.3 is 11.9 Å². The average Bonchev–Trinajstić information content (AvgIpc) is 2.65. The average molecular weight is 478 g/mol. The summed E-state index contributed by atoms with van der Waals surface area (Å²) in [6.07, 6.45) is 12.9. The minimum absolute atomic E-state index is 0.0694. The summed E-state index contributed by atoms with van der Waals surface area (Å²) < 4.78 is 0.419. The lowest BCUT2D eigenvalue weighted by Gasteiger charge is -2.23. The van der Waals surface area contributed by atoms with Crippen LogP contribution in [-0.4, -0.2) is 91.9 Å². The van der Waals surface area contributed by atoms with E-state index in [9.17, 15) is 19.5 Å². The molecular formula is C24H51N3O6. The Morgan fingerprint density at radius 1 is 0.879 bits per heavy atom. The van der Waals surface area contributed by atoms with Crippen LogP contribution in [0.15, 0.2) is 0 Å². The first-order valence-corrected chi connectivity index (χ1v) is 12.1. The SMILES string of the molecule is CCCCCCCCCCCC(=O)O.CN(C)C(CCCN)C(=O)O.C[N+](C)(C)CC(=O)[O-]. The molecule has 0 bridgehead atoms. The molecule has 0 amide bonds. The summed E-state index contributed by atoms with van der Waals surface area (Å²) in [4.78, 5) is 32.4. The van der Waals surface area contributed by atoms with Crippen LogP contribution in [0.5, 0.6) is 0 Å². The Morgan fingerprint density at radius 3 is 1.61 bits per heavy atom. The number of carboxylic acid groups (broad SMARTS) is 3. The summed E-state index contributed by atoms with van der Waals surface area (Å²) in [6.45, 7) is 2.85. The first kappa shape index (κ1) is 35.9. The number of nitrogens with zero attached hydrogens (tertiary/aromatic N) is 2. The van der Waals surface area contributed by atoms with Gasteiger partial charge in [-0.15, -0.1) is 0 Å². The van der Waals surface area contributed by atoms with Gasteiger partial charge in [0.05, 0.1) is 27.1 Å². The van der Waals surface area contributed by atoms with Crippen molar-refractivity contribution in [3.8, 4) is 0 Å². The molecule has 0 aliphatic rings. The molecule has 0 aromatic heterocycles. The third-order valence-electron chi connectivity index (χ3n) is 4.69. The monoisotopic (exact) mass is 477 g/mol. The van der Waals surface area contributed by atoms with Crippen LogP contribution in [-0.2, 0) is 14.4 Å². The number of carboxylic acids is 3. The summed E-state index contributed by atoms with van der Waals surface area (Å²) in [5, 5.41) is 27.0. The van der Waals surface area contributed by atoms with Crippen molar-refractivity contribution in [2.24, 2.45) is 5.73 Å². The summed E-state index contributed by atoms with van der Waals surface area (Å²) in [5.74, 6) is -2.44. The largest absolute Gasteiger partial charge is 0.544 e. The minimum atomic E-state index is -1.00. The lowest BCUT2D eigenvalue weighted by atomic mass is 10.1. The predicted molar refractivity (Wildman–Crippen MR) is 131 cm³/mol. The van der Waals surface area contributed by atoms with Crippen molar-refractivity contribution in [1.29, 1.82) is 0 Å². The lowest BCUT2D eigenvalue weighted by molar-refractivity contribution is -0.864. The number of nitrogens with two attached hydrogens (primary N) is 1. The maximum Gasteiger partial charge on any atom is 0.320 e. The highest BCUT2D eigenvalue weighted by Gasteiger charge is 2.18. The van der Waals surface area contributed by atoms with Crippen LogP contribution >= 0.6 is 0 Å². The molecule has 0 aromatic carbocycles. The van der Waals surface area contributed by atoms with Gasteiger partial charge in [0, 0.05) is 6.42 Å².